The van der Waals surface area contributed by atoms with E-state index < -0.39 is 0 Å². The lowest BCUT2D eigenvalue weighted by atomic mass is 10.2. The highest BCUT2D eigenvalue weighted by Crippen LogP contribution is 2.31. The maximum atomic E-state index is 5.58. The SMILES string of the molecule is Cc1cccc(Nc2nc3c(N4CCOCC4)nc(N(C)c4cccc(C)c4)nc3n2C)c1. The molecule has 1 saturated heterocycles. The first kappa shape index (κ1) is 21.2. The first-order chi connectivity index (χ1) is 16.0. The lowest BCUT2D eigenvalue weighted by molar-refractivity contribution is 0.122. The Labute approximate surface area is 193 Å². The van der Waals surface area contributed by atoms with E-state index in [1.54, 1.807) is 0 Å². The number of fused-ring (bicyclic) bond motifs is 1. The molecule has 8 nitrogen and oxygen atoms in total. The Balaban J connectivity index is 1.62. The summed E-state index contributed by atoms with van der Waals surface area (Å²) in [5, 5.41) is 3.45. The molecule has 0 saturated carbocycles. The van der Waals surface area contributed by atoms with Gasteiger partial charge in [0.25, 0.3) is 0 Å². The second kappa shape index (κ2) is 8.71. The van der Waals surface area contributed by atoms with Crippen LogP contribution in [0.3, 0.4) is 0 Å². The van der Waals surface area contributed by atoms with Gasteiger partial charge in [0.1, 0.15) is 0 Å². The molecular formula is C25H29N7O. The number of nitrogens with zero attached hydrogens (tertiary/aromatic N) is 6. The summed E-state index contributed by atoms with van der Waals surface area (Å²) >= 11 is 0. The number of morpholine rings is 1. The van der Waals surface area contributed by atoms with E-state index in [0.717, 1.165) is 47.4 Å². The summed E-state index contributed by atoms with van der Waals surface area (Å²) in [6, 6.07) is 16.6. The van der Waals surface area contributed by atoms with Crippen molar-refractivity contribution in [1.82, 2.24) is 19.5 Å². The molecule has 2 aromatic carbocycles. The normalized spacial score (nSPS) is 14.0. The van der Waals surface area contributed by atoms with Crippen LogP contribution in [-0.2, 0) is 11.8 Å². The summed E-state index contributed by atoms with van der Waals surface area (Å²) in [6.07, 6.45) is 0. The standard InChI is InChI=1S/C25H29N7O/c1-17-7-5-9-19(15-17)26-24-27-21-22(31(24)4)28-25(29-23(21)32-11-13-33-14-12-32)30(3)20-10-6-8-18(2)16-20/h5-10,15-16H,11-14H2,1-4H3,(H,26,27). The van der Waals surface area contributed by atoms with E-state index in [4.69, 9.17) is 19.7 Å². The highest BCUT2D eigenvalue weighted by Gasteiger charge is 2.23. The zero-order valence-corrected chi connectivity index (χ0v) is 19.5. The third-order valence-corrected chi connectivity index (χ3v) is 5.96. The Morgan fingerprint density at radius 1 is 0.939 bits per heavy atom. The van der Waals surface area contributed by atoms with E-state index in [-0.39, 0.29) is 0 Å². The molecule has 0 unspecified atom stereocenters. The van der Waals surface area contributed by atoms with Crippen molar-refractivity contribution >= 4 is 40.3 Å². The van der Waals surface area contributed by atoms with Crippen LogP contribution in [0, 0.1) is 13.8 Å². The van der Waals surface area contributed by atoms with Gasteiger partial charge in [0.05, 0.1) is 13.2 Å². The number of aromatic nitrogens is 4. The van der Waals surface area contributed by atoms with Crippen molar-refractivity contribution in [1.29, 1.82) is 0 Å². The predicted octanol–water partition coefficient (Wildman–Crippen LogP) is 4.33. The summed E-state index contributed by atoms with van der Waals surface area (Å²) in [5.41, 5.74) is 6.00. The Bertz CT molecular complexity index is 1290. The molecule has 0 spiro atoms. The van der Waals surface area contributed by atoms with E-state index in [9.17, 15) is 0 Å². The van der Waals surface area contributed by atoms with Gasteiger partial charge in [-0.05, 0) is 49.2 Å². The van der Waals surface area contributed by atoms with E-state index in [1.165, 1.54) is 11.1 Å². The molecule has 5 rings (SSSR count). The zero-order valence-electron chi connectivity index (χ0n) is 19.5. The molecular weight excluding hydrogens is 414 g/mol. The van der Waals surface area contributed by atoms with E-state index in [1.807, 2.05) is 35.7 Å². The predicted molar refractivity (Wildman–Crippen MR) is 133 cm³/mol. The second-order valence-corrected chi connectivity index (χ2v) is 8.51. The summed E-state index contributed by atoms with van der Waals surface area (Å²) in [5.74, 6) is 2.21. The van der Waals surface area contributed by atoms with Crippen LogP contribution in [0.4, 0.5) is 29.1 Å². The number of anilines is 5. The average molecular weight is 444 g/mol. The molecule has 1 N–H and O–H groups in total. The van der Waals surface area contributed by atoms with Crippen LogP contribution >= 0.6 is 0 Å². The summed E-state index contributed by atoms with van der Waals surface area (Å²) < 4.78 is 7.58. The molecule has 2 aromatic heterocycles. The minimum Gasteiger partial charge on any atom is -0.378 e. The third-order valence-electron chi connectivity index (χ3n) is 5.96. The van der Waals surface area contributed by atoms with Gasteiger partial charge in [-0.25, -0.2) is 4.98 Å². The highest BCUT2D eigenvalue weighted by atomic mass is 16.5. The van der Waals surface area contributed by atoms with Crippen LogP contribution in [0.5, 0.6) is 0 Å². The van der Waals surface area contributed by atoms with Crippen molar-refractivity contribution in [3.8, 4) is 0 Å². The van der Waals surface area contributed by atoms with Crippen molar-refractivity contribution in [2.24, 2.45) is 7.05 Å². The Morgan fingerprint density at radius 2 is 1.67 bits per heavy atom. The van der Waals surface area contributed by atoms with Gasteiger partial charge in [-0.1, -0.05) is 24.3 Å². The minimum absolute atomic E-state index is 0.639. The van der Waals surface area contributed by atoms with Gasteiger partial charge in [0, 0.05) is 38.6 Å². The molecule has 170 valence electrons. The smallest absolute Gasteiger partial charge is 0.233 e. The van der Waals surface area contributed by atoms with Crippen LogP contribution in [-0.4, -0.2) is 52.9 Å². The van der Waals surface area contributed by atoms with Crippen LogP contribution in [0.2, 0.25) is 0 Å². The molecule has 1 aliphatic heterocycles. The van der Waals surface area contributed by atoms with Crippen molar-refractivity contribution in [2.75, 3.05) is 48.5 Å². The molecule has 8 heteroatoms. The van der Waals surface area contributed by atoms with Gasteiger partial charge in [-0.3, -0.25) is 4.57 Å². The van der Waals surface area contributed by atoms with Crippen molar-refractivity contribution in [2.45, 2.75) is 13.8 Å². The van der Waals surface area contributed by atoms with Gasteiger partial charge in [-0.15, -0.1) is 0 Å². The first-order valence-electron chi connectivity index (χ1n) is 11.2. The second-order valence-electron chi connectivity index (χ2n) is 8.51. The van der Waals surface area contributed by atoms with Gasteiger partial charge in [0.15, 0.2) is 17.0 Å². The summed E-state index contributed by atoms with van der Waals surface area (Å²) in [7, 11) is 3.99. The lowest BCUT2D eigenvalue weighted by Gasteiger charge is -2.28. The molecule has 4 aromatic rings. The van der Waals surface area contributed by atoms with Crippen molar-refractivity contribution in [3.05, 3.63) is 59.7 Å². The monoisotopic (exact) mass is 443 g/mol. The number of imidazole rings is 1. The maximum Gasteiger partial charge on any atom is 0.233 e. The number of aryl methyl sites for hydroxylation is 3. The molecule has 3 heterocycles. The number of benzene rings is 2. The molecule has 1 fully saturated rings. The van der Waals surface area contributed by atoms with Crippen LogP contribution < -0.4 is 15.1 Å². The molecule has 0 atom stereocenters. The summed E-state index contributed by atoms with van der Waals surface area (Å²) in [4.78, 5) is 19.1. The van der Waals surface area contributed by atoms with Crippen LogP contribution in [0.15, 0.2) is 48.5 Å². The van der Waals surface area contributed by atoms with E-state index in [2.05, 4.69) is 60.5 Å². The minimum atomic E-state index is 0.639. The largest absolute Gasteiger partial charge is 0.378 e. The molecule has 0 aliphatic carbocycles. The molecule has 1 aliphatic rings. The highest BCUT2D eigenvalue weighted by molar-refractivity contribution is 5.88. The summed E-state index contributed by atoms with van der Waals surface area (Å²) in [6.45, 7) is 7.07. The number of nitrogens with one attached hydrogen (secondary N) is 1. The van der Waals surface area contributed by atoms with E-state index >= 15 is 0 Å². The molecule has 33 heavy (non-hydrogen) atoms. The zero-order chi connectivity index (χ0) is 22.9. The fraction of sp³-hybridized carbons (Fsp3) is 0.320. The van der Waals surface area contributed by atoms with Gasteiger partial charge < -0.3 is 19.9 Å². The first-order valence-corrected chi connectivity index (χ1v) is 11.2. The molecule has 0 bridgehead atoms. The number of hydrogen-bond donors (Lipinski definition) is 1. The van der Waals surface area contributed by atoms with Crippen LogP contribution in [0.1, 0.15) is 11.1 Å². The van der Waals surface area contributed by atoms with Gasteiger partial charge in [0.2, 0.25) is 11.9 Å². The number of ether oxygens (including phenoxy) is 1. The molecule has 0 amide bonds. The third kappa shape index (κ3) is 4.21. The Morgan fingerprint density at radius 3 is 2.39 bits per heavy atom. The maximum absolute atomic E-state index is 5.58. The molecule has 0 radical (unpaired) electrons. The fourth-order valence-electron chi connectivity index (χ4n) is 4.10. The number of hydrogen-bond acceptors (Lipinski definition) is 7. The average Bonchev–Trinajstić information content (AvgIpc) is 3.13. The number of rotatable bonds is 5. The fourth-order valence-corrected chi connectivity index (χ4v) is 4.10. The lowest BCUT2D eigenvalue weighted by Crippen LogP contribution is -2.37. The van der Waals surface area contributed by atoms with Gasteiger partial charge >= 0.3 is 0 Å². The van der Waals surface area contributed by atoms with E-state index in [0.29, 0.717) is 19.2 Å². The quantitative estimate of drug-likeness (QED) is 0.492. The van der Waals surface area contributed by atoms with Gasteiger partial charge in [-0.2, -0.15) is 9.97 Å². The van der Waals surface area contributed by atoms with Crippen LogP contribution in [0.25, 0.3) is 11.2 Å². The topological polar surface area (TPSA) is 71.3 Å². The van der Waals surface area contributed by atoms with Crippen molar-refractivity contribution < 1.29 is 4.74 Å². The van der Waals surface area contributed by atoms with Crippen molar-refractivity contribution in [3.63, 3.8) is 0 Å². The Hall–Kier alpha value is -3.65. The Kier molecular flexibility index (Phi) is 5.60.